The molecule has 0 amide bonds. The van der Waals surface area contributed by atoms with Crippen molar-refractivity contribution in [1.29, 1.82) is 0 Å². The van der Waals surface area contributed by atoms with Crippen LogP contribution in [-0.2, 0) is 9.59 Å². The molecule has 5 nitrogen and oxygen atoms in total. The van der Waals surface area contributed by atoms with Gasteiger partial charge in [-0.3, -0.25) is 9.59 Å². The van der Waals surface area contributed by atoms with Gasteiger partial charge in [0.2, 0.25) is 0 Å². The molecule has 2 unspecified atom stereocenters. The number of carboxylic acids is 2. The van der Waals surface area contributed by atoms with E-state index in [-0.39, 0.29) is 18.3 Å². The summed E-state index contributed by atoms with van der Waals surface area (Å²) in [5.41, 5.74) is 5.23. The number of nitrogens with two attached hydrogens (primary N) is 1. The fourth-order valence-electron chi connectivity index (χ4n) is 1.24. The third kappa shape index (κ3) is 1.94. The molecule has 0 aromatic heterocycles. The lowest BCUT2D eigenvalue weighted by molar-refractivity contribution is -0.140. The maximum atomic E-state index is 10.3. The molecule has 0 aromatic rings. The van der Waals surface area contributed by atoms with Crippen LogP contribution in [0.2, 0.25) is 0 Å². The molecule has 3 atom stereocenters. The van der Waals surface area contributed by atoms with Crippen molar-refractivity contribution in [3.63, 3.8) is 0 Å². The summed E-state index contributed by atoms with van der Waals surface area (Å²) in [5, 5.41) is 16.9. The van der Waals surface area contributed by atoms with Crippen molar-refractivity contribution in [2.75, 3.05) is 0 Å². The predicted octanol–water partition coefficient (Wildman–Crippen LogP) is -0.491. The second kappa shape index (κ2) is 3.10. The van der Waals surface area contributed by atoms with E-state index in [1.807, 2.05) is 0 Å². The van der Waals surface area contributed by atoms with E-state index >= 15 is 0 Å². The Morgan fingerprint density at radius 3 is 2.42 bits per heavy atom. The highest BCUT2D eigenvalue weighted by molar-refractivity contribution is 5.75. The number of carboxylic acid groups (broad SMARTS) is 2. The van der Waals surface area contributed by atoms with E-state index in [1.165, 1.54) is 0 Å². The Morgan fingerprint density at radius 2 is 2.08 bits per heavy atom. The van der Waals surface area contributed by atoms with Crippen molar-refractivity contribution >= 4 is 11.9 Å². The minimum absolute atomic E-state index is 0.0337. The summed E-state index contributed by atoms with van der Waals surface area (Å²) in [4.78, 5) is 20.6. The van der Waals surface area contributed by atoms with Crippen LogP contribution in [0.1, 0.15) is 12.8 Å². The first-order valence-electron chi connectivity index (χ1n) is 3.73. The summed E-state index contributed by atoms with van der Waals surface area (Å²) < 4.78 is 0. The van der Waals surface area contributed by atoms with Crippen molar-refractivity contribution in [3.8, 4) is 0 Å². The monoisotopic (exact) mass is 173 g/mol. The molecule has 1 rings (SSSR count). The number of rotatable bonds is 4. The van der Waals surface area contributed by atoms with E-state index in [0.717, 1.165) is 0 Å². The Morgan fingerprint density at radius 1 is 1.50 bits per heavy atom. The molecule has 0 bridgehead atoms. The molecule has 0 aliphatic heterocycles. The Kier molecular flexibility index (Phi) is 2.32. The highest BCUT2D eigenvalue weighted by Gasteiger charge is 2.44. The lowest BCUT2D eigenvalue weighted by atomic mass is 10.1. The lowest BCUT2D eigenvalue weighted by Crippen LogP contribution is -2.30. The average Bonchev–Trinajstić information content (AvgIpc) is 2.67. The molecule has 1 aliphatic rings. The summed E-state index contributed by atoms with van der Waals surface area (Å²) in [6.07, 6.45) is 0.836. The first kappa shape index (κ1) is 8.99. The molecule has 5 heteroatoms. The maximum Gasteiger partial charge on any atom is 0.320 e. The van der Waals surface area contributed by atoms with Crippen molar-refractivity contribution in [1.82, 2.24) is 0 Å². The van der Waals surface area contributed by atoms with Gasteiger partial charge in [0.05, 0.1) is 5.92 Å². The van der Waals surface area contributed by atoms with Crippen LogP contribution in [0.15, 0.2) is 0 Å². The van der Waals surface area contributed by atoms with Crippen molar-refractivity contribution < 1.29 is 19.8 Å². The standard InChI is InChI=1S/C7H11NO4/c8-5(7(11)12)2-3-1-4(3)6(9)10/h3-5H,1-2,8H2,(H,9,10)(H,11,12)/t3?,4-,5?/m1/s1. The molecule has 0 spiro atoms. The molecule has 0 aromatic carbocycles. The van der Waals surface area contributed by atoms with Crippen LogP contribution in [0.25, 0.3) is 0 Å². The zero-order valence-electron chi connectivity index (χ0n) is 6.43. The van der Waals surface area contributed by atoms with Gasteiger partial charge in [-0.25, -0.2) is 0 Å². The highest BCUT2D eigenvalue weighted by Crippen LogP contribution is 2.41. The number of aliphatic carboxylic acids is 2. The fourth-order valence-corrected chi connectivity index (χ4v) is 1.24. The summed E-state index contributed by atoms with van der Waals surface area (Å²) in [5.74, 6) is -2.31. The van der Waals surface area contributed by atoms with Crippen LogP contribution in [0.5, 0.6) is 0 Å². The molecule has 12 heavy (non-hydrogen) atoms. The smallest absolute Gasteiger partial charge is 0.320 e. The van der Waals surface area contributed by atoms with Gasteiger partial charge in [0.15, 0.2) is 0 Å². The molecule has 1 fully saturated rings. The Balaban J connectivity index is 2.27. The quantitative estimate of drug-likeness (QED) is 0.532. The average molecular weight is 173 g/mol. The largest absolute Gasteiger partial charge is 0.481 e. The van der Waals surface area contributed by atoms with Crippen molar-refractivity contribution in [2.45, 2.75) is 18.9 Å². The van der Waals surface area contributed by atoms with Crippen LogP contribution in [0.4, 0.5) is 0 Å². The van der Waals surface area contributed by atoms with E-state index < -0.39 is 18.0 Å². The molecule has 0 heterocycles. The third-order valence-corrected chi connectivity index (χ3v) is 2.11. The van der Waals surface area contributed by atoms with Gasteiger partial charge < -0.3 is 15.9 Å². The molecule has 68 valence electrons. The SMILES string of the molecule is NC(CC1C[C@H]1C(=O)O)C(=O)O. The zero-order valence-corrected chi connectivity index (χ0v) is 6.43. The highest BCUT2D eigenvalue weighted by atomic mass is 16.4. The van der Waals surface area contributed by atoms with Gasteiger partial charge in [-0.05, 0) is 18.8 Å². The van der Waals surface area contributed by atoms with Gasteiger partial charge in [-0.15, -0.1) is 0 Å². The third-order valence-electron chi connectivity index (χ3n) is 2.11. The van der Waals surface area contributed by atoms with Gasteiger partial charge in [0, 0.05) is 0 Å². The lowest BCUT2D eigenvalue weighted by Gasteiger charge is -2.03. The molecule has 0 saturated heterocycles. The van der Waals surface area contributed by atoms with Gasteiger partial charge in [0.1, 0.15) is 6.04 Å². The number of carbonyl (C=O) groups is 2. The van der Waals surface area contributed by atoms with E-state index in [0.29, 0.717) is 6.42 Å². The van der Waals surface area contributed by atoms with Crippen molar-refractivity contribution in [2.24, 2.45) is 17.6 Å². The molecule has 1 aliphatic carbocycles. The topological polar surface area (TPSA) is 101 Å². The van der Waals surface area contributed by atoms with E-state index in [4.69, 9.17) is 15.9 Å². The summed E-state index contributed by atoms with van der Waals surface area (Å²) in [6.45, 7) is 0. The van der Waals surface area contributed by atoms with E-state index in [1.54, 1.807) is 0 Å². The molecule has 1 saturated carbocycles. The predicted molar refractivity (Wildman–Crippen MR) is 39.5 cm³/mol. The first-order valence-corrected chi connectivity index (χ1v) is 3.73. The van der Waals surface area contributed by atoms with Gasteiger partial charge in [-0.1, -0.05) is 0 Å². The summed E-state index contributed by atoms with van der Waals surface area (Å²) in [6, 6.07) is -0.917. The van der Waals surface area contributed by atoms with Crippen molar-refractivity contribution in [3.05, 3.63) is 0 Å². The second-order valence-corrected chi connectivity index (χ2v) is 3.12. The molecular weight excluding hydrogens is 162 g/mol. The fraction of sp³-hybridized carbons (Fsp3) is 0.714. The van der Waals surface area contributed by atoms with Crippen LogP contribution in [0.3, 0.4) is 0 Å². The molecule has 0 radical (unpaired) electrons. The zero-order chi connectivity index (χ0) is 9.30. The normalized spacial score (nSPS) is 29.4. The van der Waals surface area contributed by atoms with Gasteiger partial charge in [0.25, 0.3) is 0 Å². The number of hydrogen-bond acceptors (Lipinski definition) is 3. The summed E-state index contributed by atoms with van der Waals surface area (Å²) >= 11 is 0. The summed E-state index contributed by atoms with van der Waals surface area (Å²) in [7, 11) is 0. The Hall–Kier alpha value is -1.10. The molecular formula is C7H11NO4. The van der Waals surface area contributed by atoms with Crippen LogP contribution < -0.4 is 5.73 Å². The van der Waals surface area contributed by atoms with Gasteiger partial charge >= 0.3 is 11.9 Å². The maximum absolute atomic E-state index is 10.3. The van der Waals surface area contributed by atoms with Crippen LogP contribution in [0, 0.1) is 11.8 Å². The molecule has 4 N–H and O–H groups in total. The Bertz CT molecular complexity index is 215. The first-order chi connectivity index (χ1) is 5.52. The second-order valence-electron chi connectivity index (χ2n) is 3.12. The van der Waals surface area contributed by atoms with Crippen LogP contribution in [-0.4, -0.2) is 28.2 Å². The minimum atomic E-state index is -1.06. The minimum Gasteiger partial charge on any atom is -0.481 e. The van der Waals surface area contributed by atoms with E-state index in [9.17, 15) is 9.59 Å². The number of hydrogen-bond donors (Lipinski definition) is 3. The van der Waals surface area contributed by atoms with Gasteiger partial charge in [-0.2, -0.15) is 0 Å². The van der Waals surface area contributed by atoms with Crippen LogP contribution >= 0.6 is 0 Å². The van der Waals surface area contributed by atoms with E-state index in [2.05, 4.69) is 0 Å². The Labute approximate surface area is 69.2 Å².